The summed E-state index contributed by atoms with van der Waals surface area (Å²) < 4.78 is 4.94. The van der Waals surface area contributed by atoms with Crippen LogP contribution in [0.4, 0.5) is 5.69 Å². The number of benzene rings is 1. The third-order valence-corrected chi connectivity index (χ3v) is 2.85. The van der Waals surface area contributed by atoms with E-state index in [4.69, 9.17) is 4.74 Å². The summed E-state index contributed by atoms with van der Waals surface area (Å²) in [6.07, 6.45) is 3.48. The third-order valence-electron chi connectivity index (χ3n) is 2.85. The van der Waals surface area contributed by atoms with Crippen molar-refractivity contribution in [2.75, 3.05) is 20.3 Å². The average Bonchev–Trinajstić information content (AvgIpc) is 2.52. The Bertz CT molecular complexity index is 584. The fourth-order valence-electron chi connectivity index (χ4n) is 1.73. The fraction of sp³-hybridized carbons (Fsp3) is 0.286. The molecule has 1 N–H and O–H groups in total. The lowest BCUT2D eigenvalue weighted by Crippen LogP contribution is -2.18. The normalized spacial score (nSPS) is 10.5. The van der Waals surface area contributed by atoms with Gasteiger partial charge in [-0.25, -0.2) is 9.97 Å². The Morgan fingerprint density at radius 1 is 1.24 bits per heavy atom. The SMILES string of the molecule is COCCNCc1cnc(-c2ccc([N+](=O)[O-])cc2)nc1. The van der Waals surface area contributed by atoms with Crippen LogP contribution >= 0.6 is 0 Å². The van der Waals surface area contributed by atoms with Crippen LogP contribution < -0.4 is 5.32 Å². The number of nitro groups is 1. The van der Waals surface area contributed by atoms with E-state index in [2.05, 4.69) is 15.3 Å². The Morgan fingerprint density at radius 3 is 2.48 bits per heavy atom. The Morgan fingerprint density at radius 2 is 1.90 bits per heavy atom. The first-order chi connectivity index (χ1) is 10.2. The van der Waals surface area contributed by atoms with Gasteiger partial charge in [0, 0.05) is 55.9 Å². The molecule has 110 valence electrons. The first kappa shape index (κ1) is 15.0. The molecule has 0 spiro atoms. The van der Waals surface area contributed by atoms with Gasteiger partial charge in [-0.15, -0.1) is 0 Å². The standard InChI is InChI=1S/C14H16N4O3/c1-21-7-6-15-8-11-9-16-14(17-10-11)12-2-4-13(5-3-12)18(19)20/h2-5,9-10,15H,6-8H2,1H3. The van der Waals surface area contributed by atoms with Crippen LogP contribution in [-0.2, 0) is 11.3 Å². The third kappa shape index (κ3) is 4.30. The second kappa shape index (κ2) is 7.41. The zero-order chi connectivity index (χ0) is 15.1. The molecular weight excluding hydrogens is 272 g/mol. The van der Waals surface area contributed by atoms with E-state index in [-0.39, 0.29) is 5.69 Å². The molecule has 1 aromatic heterocycles. The molecule has 0 aliphatic carbocycles. The molecular formula is C14H16N4O3. The van der Waals surface area contributed by atoms with Crippen LogP contribution in [0.15, 0.2) is 36.7 Å². The van der Waals surface area contributed by atoms with Crippen molar-refractivity contribution in [2.45, 2.75) is 6.54 Å². The zero-order valence-corrected chi connectivity index (χ0v) is 11.7. The molecule has 0 amide bonds. The molecule has 2 rings (SSSR count). The van der Waals surface area contributed by atoms with Crippen molar-refractivity contribution in [1.82, 2.24) is 15.3 Å². The smallest absolute Gasteiger partial charge is 0.269 e. The second-order valence-electron chi connectivity index (χ2n) is 4.39. The first-order valence-corrected chi connectivity index (χ1v) is 6.46. The molecule has 21 heavy (non-hydrogen) atoms. The van der Waals surface area contributed by atoms with E-state index in [0.29, 0.717) is 19.0 Å². The van der Waals surface area contributed by atoms with Crippen LogP contribution in [-0.4, -0.2) is 35.2 Å². The van der Waals surface area contributed by atoms with Gasteiger partial charge in [-0.3, -0.25) is 10.1 Å². The number of nitrogens with zero attached hydrogens (tertiary/aromatic N) is 3. The predicted molar refractivity (Wildman–Crippen MR) is 77.7 cm³/mol. The quantitative estimate of drug-likeness (QED) is 0.474. The maximum atomic E-state index is 10.6. The molecule has 1 aromatic carbocycles. The maximum Gasteiger partial charge on any atom is 0.269 e. The van der Waals surface area contributed by atoms with Gasteiger partial charge in [0.1, 0.15) is 0 Å². The van der Waals surface area contributed by atoms with E-state index < -0.39 is 4.92 Å². The van der Waals surface area contributed by atoms with Crippen LogP contribution in [0.25, 0.3) is 11.4 Å². The summed E-state index contributed by atoms with van der Waals surface area (Å²) in [5.41, 5.74) is 1.77. The highest BCUT2D eigenvalue weighted by atomic mass is 16.6. The largest absolute Gasteiger partial charge is 0.383 e. The van der Waals surface area contributed by atoms with Gasteiger partial charge in [0.05, 0.1) is 11.5 Å². The van der Waals surface area contributed by atoms with E-state index in [1.165, 1.54) is 12.1 Å². The highest BCUT2D eigenvalue weighted by Crippen LogP contribution is 2.18. The lowest BCUT2D eigenvalue weighted by atomic mass is 10.2. The summed E-state index contributed by atoms with van der Waals surface area (Å²) in [7, 11) is 1.66. The Balaban J connectivity index is 1.99. The number of hydrogen-bond donors (Lipinski definition) is 1. The Labute approximate surface area is 122 Å². The Kier molecular flexibility index (Phi) is 5.30. The molecule has 0 unspecified atom stereocenters. The van der Waals surface area contributed by atoms with E-state index >= 15 is 0 Å². The van der Waals surface area contributed by atoms with E-state index in [9.17, 15) is 10.1 Å². The van der Waals surface area contributed by atoms with Gasteiger partial charge in [0.2, 0.25) is 0 Å². The molecule has 2 aromatic rings. The van der Waals surface area contributed by atoms with Crippen LogP contribution in [0.3, 0.4) is 0 Å². The number of non-ortho nitro benzene ring substituents is 1. The van der Waals surface area contributed by atoms with Crippen LogP contribution in [0, 0.1) is 10.1 Å². The monoisotopic (exact) mass is 288 g/mol. The van der Waals surface area contributed by atoms with Gasteiger partial charge in [-0.1, -0.05) is 0 Å². The molecule has 7 heteroatoms. The molecule has 0 aliphatic rings. The summed E-state index contributed by atoms with van der Waals surface area (Å²) in [6.45, 7) is 2.09. The van der Waals surface area contributed by atoms with Crippen molar-refractivity contribution < 1.29 is 9.66 Å². The number of hydrogen-bond acceptors (Lipinski definition) is 6. The minimum Gasteiger partial charge on any atom is -0.383 e. The maximum absolute atomic E-state index is 10.6. The van der Waals surface area contributed by atoms with Gasteiger partial charge in [0.15, 0.2) is 5.82 Å². The minimum atomic E-state index is -0.431. The van der Waals surface area contributed by atoms with Crippen molar-refractivity contribution in [3.8, 4) is 11.4 Å². The van der Waals surface area contributed by atoms with Crippen molar-refractivity contribution in [3.05, 3.63) is 52.3 Å². The van der Waals surface area contributed by atoms with Gasteiger partial charge >= 0.3 is 0 Å². The summed E-state index contributed by atoms with van der Waals surface area (Å²) in [4.78, 5) is 18.7. The lowest BCUT2D eigenvalue weighted by Gasteiger charge is -2.04. The van der Waals surface area contributed by atoms with Crippen LogP contribution in [0.1, 0.15) is 5.56 Å². The number of nitro benzene ring substituents is 1. The van der Waals surface area contributed by atoms with Gasteiger partial charge in [-0.05, 0) is 12.1 Å². The highest BCUT2D eigenvalue weighted by molar-refractivity contribution is 5.56. The second-order valence-corrected chi connectivity index (χ2v) is 4.39. The van der Waals surface area contributed by atoms with Crippen molar-refractivity contribution in [1.29, 1.82) is 0 Å². The summed E-state index contributed by atoms with van der Waals surface area (Å²) in [6, 6.07) is 6.17. The Hall–Kier alpha value is -2.38. The molecule has 7 nitrogen and oxygen atoms in total. The molecule has 1 heterocycles. The summed E-state index contributed by atoms with van der Waals surface area (Å²) in [5.74, 6) is 0.547. The number of nitrogens with one attached hydrogen (secondary N) is 1. The molecule has 0 fully saturated rings. The molecule has 0 saturated carbocycles. The average molecular weight is 288 g/mol. The number of rotatable bonds is 7. The summed E-state index contributed by atoms with van der Waals surface area (Å²) >= 11 is 0. The number of methoxy groups -OCH3 is 1. The van der Waals surface area contributed by atoms with Crippen molar-refractivity contribution in [3.63, 3.8) is 0 Å². The van der Waals surface area contributed by atoms with E-state index in [1.54, 1.807) is 31.6 Å². The predicted octanol–water partition coefficient (Wildman–Crippen LogP) is 1.79. The van der Waals surface area contributed by atoms with Gasteiger partial charge in [0.25, 0.3) is 5.69 Å². The van der Waals surface area contributed by atoms with Gasteiger partial charge in [-0.2, -0.15) is 0 Å². The van der Waals surface area contributed by atoms with Crippen molar-refractivity contribution >= 4 is 5.69 Å². The molecule has 0 atom stereocenters. The lowest BCUT2D eigenvalue weighted by molar-refractivity contribution is -0.384. The van der Waals surface area contributed by atoms with Crippen molar-refractivity contribution in [2.24, 2.45) is 0 Å². The van der Waals surface area contributed by atoms with Crippen LogP contribution in [0.2, 0.25) is 0 Å². The number of ether oxygens (including phenoxy) is 1. The minimum absolute atomic E-state index is 0.0534. The van der Waals surface area contributed by atoms with E-state index in [0.717, 1.165) is 17.7 Å². The fourth-order valence-corrected chi connectivity index (χ4v) is 1.73. The van der Waals surface area contributed by atoms with E-state index in [1.807, 2.05) is 0 Å². The summed E-state index contributed by atoms with van der Waals surface area (Å²) in [5, 5.41) is 13.8. The zero-order valence-electron chi connectivity index (χ0n) is 11.7. The first-order valence-electron chi connectivity index (χ1n) is 6.46. The molecule has 0 bridgehead atoms. The molecule has 0 saturated heterocycles. The topological polar surface area (TPSA) is 90.2 Å². The molecule has 0 radical (unpaired) electrons. The number of aromatic nitrogens is 2. The van der Waals surface area contributed by atoms with Crippen LogP contribution in [0.5, 0.6) is 0 Å². The van der Waals surface area contributed by atoms with Gasteiger partial charge < -0.3 is 10.1 Å². The molecule has 0 aliphatic heterocycles. The highest BCUT2D eigenvalue weighted by Gasteiger charge is 2.06.